The maximum Gasteiger partial charge on any atom is 0.305 e. The van der Waals surface area contributed by atoms with Crippen LogP contribution in [0.4, 0.5) is 0 Å². The molecule has 0 heterocycles. The molecule has 104 valence electrons. The van der Waals surface area contributed by atoms with Crippen LogP contribution >= 0.6 is 11.8 Å². The van der Waals surface area contributed by atoms with Crippen molar-refractivity contribution in [2.75, 3.05) is 6.26 Å². The van der Waals surface area contributed by atoms with Crippen LogP contribution in [-0.2, 0) is 14.4 Å². The highest BCUT2D eigenvalue weighted by Gasteiger charge is 2.33. The molecule has 0 saturated carbocycles. The Morgan fingerprint density at radius 2 is 1.83 bits per heavy atom. The minimum Gasteiger partial charge on any atom is -0.481 e. The molecule has 0 aromatic carbocycles. The number of hydrogen-bond donors (Lipinski definition) is 2. The van der Waals surface area contributed by atoms with Crippen LogP contribution in [0.15, 0.2) is 0 Å². The van der Waals surface area contributed by atoms with Crippen molar-refractivity contribution in [3.8, 4) is 0 Å². The molecule has 0 bridgehead atoms. The van der Waals surface area contributed by atoms with Crippen molar-refractivity contribution in [1.82, 2.24) is 5.32 Å². The summed E-state index contributed by atoms with van der Waals surface area (Å²) in [7, 11) is 0. The van der Waals surface area contributed by atoms with Gasteiger partial charge in [0.15, 0.2) is 0 Å². The minimum atomic E-state index is -1.01. The van der Waals surface area contributed by atoms with E-state index in [1.54, 1.807) is 27.0 Å². The number of ketones is 1. The van der Waals surface area contributed by atoms with Gasteiger partial charge in [-0.2, -0.15) is 11.8 Å². The zero-order valence-corrected chi connectivity index (χ0v) is 12.3. The van der Waals surface area contributed by atoms with Crippen molar-refractivity contribution in [2.45, 2.75) is 45.4 Å². The van der Waals surface area contributed by atoms with Gasteiger partial charge in [-0.25, -0.2) is 0 Å². The molecule has 6 heteroatoms. The summed E-state index contributed by atoms with van der Waals surface area (Å²) in [6.45, 7) is 6.74. The smallest absolute Gasteiger partial charge is 0.305 e. The van der Waals surface area contributed by atoms with E-state index in [4.69, 9.17) is 5.11 Å². The van der Waals surface area contributed by atoms with E-state index in [9.17, 15) is 14.4 Å². The predicted octanol–water partition coefficient (Wildman–Crippen LogP) is 1.31. The van der Waals surface area contributed by atoms with Gasteiger partial charge in [-0.3, -0.25) is 14.4 Å². The molecule has 2 N–H and O–H groups in total. The SMILES string of the molecule is CSC(CC(=O)O)C(=O)NC(C)C(C)(C)C(C)=O. The van der Waals surface area contributed by atoms with Gasteiger partial charge in [0.05, 0.1) is 11.7 Å². The zero-order valence-electron chi connectivity index (χ0n) is 11.4. The van der Waals surface area contributed by atoms with Crippen LogP contribution in [0.5, 0.6) is 0 Å². The number of nitrogens with one attached hydrogen (secondary N) is 1. The number of aliphatic carboxylic acids is 1. The Morgan fingerprint density at radius 3 is 2.17 bits per heavy atom. The largest absolute Gasteiger partial charge is 0.481 e. The van der Waals surface area contributed by atoms with Crippen molar-refractivity contribution in [3.63, 3.8) is 0 Å². The highest BCUT2D eigenvalue weighted by molar-refractivity contribution is 7.99. The molecule has 0 aliphatic heterocycles. The van der Waals surface area contributed by atoms with Gasteiger partial charge in [0.25, 0.3) is 0 Å². The summed E-state index contributed by atoms with van der Waals surface area (Å²) in [6, 6.07) is -0.342. The molecule has 5 nitrogen and oxygen atoms in total. The molecule has 2 atom stereocenters. The van der Waals surface area contributed by atoms with Crippen LogP contribution in [0.3, 0.4) is 0 Å². The summed E-state index contributed by atoms with van der Waals surface area (Å²) in [5, 5.41) is 10.8. The number of carboxylic acid groups (broad SMARTS) is 1. The third-order valence-electron chi connectivity index (χ3n) is 3.29. The van der Waals surface area contributed by atoms with E-state index < -0.39 is 16.6 Å². The molecule has 0 aromatic rings. The first kappa shape index (κ1) is 17.0. The average molecular weight is 275 g/mol. The fourth-order valence-electron chi connectivity index (χ4n) is 1.23. The minimum absolute atomic E-state index is 0.0192. The Labute approximate surface area is 112 Å². The van der Waals surface area contributed by atoms with Crippen LogP contribution in [0.1, 0.15) is 34.1 Å². The summed E-state index contributed by atoms with van der Waals surface area (Å²) in [6.07, 6.45) is 1.47. The molecule has 2 unspecified atom stereocenters. The highest BCUT2D eigenvalue weighted by Crippen LogP contribution is 2.22. The number of Topliss-reactive ketones (excluding diaryl/α,β-unsaturated/α-hetero) is 1. The van der Waals surface area contributed by atoms with E-state index >= 15 is 0 Å². The zero-order chi connectivity index (χ0) is 14.5. The molecule has 18 heavy (non-hydrogen) atoms. The van der Waals surface area contributed by atoms with Crippen LogP contribution in [0.25, 0.3) is 0 Å². The van der Waals surface area contributed by atoms with Gasteiger partial charge >= 0.3 is 5.97 Å². The van der Waals surface area contributed by atoms with Gasteiger partial charge in [0.1, 0.15) is 5.78 Å². The van der Waals surface area contributed by atoms with Crippen molar-refractivity contribution in [2.24, 2.45) is 5.41 Å². The van der Waals surface area contributed by atoms with Crippen molar-refractivity contribution in [3.05, 3.63) is 0 Å². The topological polar surface area (TPSA) is 83.5 Å². The summed E-state index contributed by atoms with van der Waals surface area (Å²) < 4.78 is 0. The number of hydrogen-bond acceptors (Lipinski definition) is 4. The Hall–Kier alpha value is -1.04. The first-order chi connectivity index (χ1) is 8.12. The summed E-state index contributed by atoms with van der Waals surface area (Å²) in [5.41, 5.74) is -0.665. The van der Waals surface area contributed by atoms with Gasteiger partial charge in [0, 0.05) is 11.5 Å². The standard InChI is InChI=1S/C12H21NO4S/c1-7(12(3,4)8(2)14)13-11(17)9(18-5)6-10(15)16/h7,9H,6H2,1-5H3,(H,13,17)(H,15,16). The molecule has 0 saturated heterocycles. The number of rotatable bonds is 7. The Bertz CT molecular complexity index is 341. The third-order valence-corrected chi connectivity index (χ3v) is 4.24. The average Bonchev–Trinajstić information content (AvgIpc) is 2.24. The van der Waals surface area contributed by atoms with Gasteiger partial charge < -0.3 is 10.4 Å². The maximum absolute atomic E-state index is 11.9. The third kappa shape index (κ3) is 4.68. The molecule has 0 aliphatic rings. The summed E-state index contributed by atoms with van der Waals surface area (Å²) >= 11 is 1.19. The van der Waals surface area contributed by atoms with Crippen molar-refractivity contribution < 1.29 is 19.5 Å². The van der Waals surface area contributed by atoms with Gasteiger partial charge in [0.2, 0.25) is 5.91 Å². The van der Waals surface area contributed by atoms with Crippen molar-refractivity contribution in [1.29, 1.82) is 0 Å². The molecular weight excluding hydrogens is 254 g/mol. The Kier molecular flexibility index (Phi) is 6.38. The lowest BCUT2D eigenvalue weighted by Gasteiger charge is -2.30. The van der Waals surface area contributed by atoms with Gasteiger partial charge in [-0.05, 0) is 20.1 Å². The van der Waals surface area contributed by atoms with Crippen LogP contribution < -0.4 is 5.32 Å². The molecule has 0 aromatic heterocycles. The van der Waals surface area contributed by atoms with E-state index in [0.29, 0.717) is 0 Å². The van der Waals surface area contributed by atoms with E-state index in [0.717, 1.165) is 0 Å². The molecule has 0 radical (unpaired) electrons. The molecule has 0 aliphatic carbocycles. The van der Waals surface area contributed by atoms with E-state index in [1.807, 2.05) is 0 Å². The lowest BCUT2D eigenvalue weighted by Crippen LogP contribution is -2.49. The van der Waals surface area contributed by atoms with Crippen LogP contribution in [0, 0.1) is 5.41 Å². The lowest BCUT2D eigenvalue weighted by molar-refractivity contribution is -0.139. The number of carbonyl (C=O) groups is 3. The second kappa shape index (κ2) is 6.78. The fraction of sp³-hybridized carbons (Fsp3) is 0.750. The first-order valence-corrected chi connectivity index (χ1v) is 6.97. The number of carboxylic acids is 1. The van der Waals surface area contributed by atoms with Gasteiger partial charge in [-0.15, -0.1) is 0 Å². The van der Waals surface area contributed by atoms with Gasteiger partial charge in [-0.1, -0.05) is 13.8 Å². The molecular formula is C12H21NO4S. The monoisotopic (exact) mass is 275 g/mol. The molecule has 0 fully saturated rings. The lowest BCUT2D eigenvalue weighted by atomic mass is 9.81. The Morgan fingerprint density at radius 1 is 1.33 bits per heavy atom. The molecule has 1 amide bonds. The normalized spacial score (nSPS) is 14.7. The van der Waals surface area contributed by atoms with Crippen LogP contribution in [0.2, 0.25) is 0 Å². The first-order valence-electron chi connectivity index (χ1n) is 5.69. The van der Waals surface area contributed by atoms with E-state index in [-0.39, 0.29) is 24.2 Å². The Balaban J connectivity index is 4.64. The highest BCUT2D eigenvalue weighted by atomic mass is 32.2. The van der Waals surface area contributed by atoms with Crippen LogP contribution in [-0.4, -0.2) is 40.3 Å². The van der Waals surface area contributed by atoms with E-state index in [1.165, 1.54) is 18.7 Å². The molecule has 0 rings (SSSR count). The molecule has 0 spiro atoms. The number of amides is 1. The summed E-state index contributed by atoms with van der Waals surface area (Å²) in [4.78, 5) is 34.0. The summed E-state index contributed by atoms with van der Waals surface area (Å²) in [5.74, 6) is -1.37. The number of thioether (sulfide) groups is 1. The second-order valence-electron chi connectivity index (χ2n) is 4.83. The number of carbonyl (C=O) groups excluding carboxylic acids is 2. The van der Waals surface area contributed by atoms with E-state index in [2.05, 4.69) is 5.32 Å². The fourth-order valence-corrected chi connectivity index (χ4v) is 1.82. The second-order valence-corrected chi connectivity index (χ2v) is 5.87. The predicted molar refractivity (Wildman–Crippen MR) is 71.6 cm³/mol. The van der Waals surface area contributed by atoms with Crippen molar-refractivity contribution >= 4 is 29.4 Å². The quantitative estimate of drug-likeness (QED) is 0.732. The maximum atomic E-state index is 11.9.